The van der Waals surface area contributed by atoms with Gasteiger partial charge in [-0.15, -0.1) is 0 Å². The van der Waals surface area contributed by atoms with E-state index >= 15 is 0 Å². The van der Waals surface area contributed by atoms with Crippen molar-refractivity contribution in [1.29, 1.82) is 0 Å². The van der Waals surface area contributed by atoms with Crippen LogP contribution in [0.3, 0.4) is 0 Å². The van der Waals surface area contributed by atoms with Crippen molar-refractivity contribution in [2.24, 2.45) is 0 Å². The third-order valence-electron chi connectivity index (χ3n) is 3.22. The van der Waals surface area contributed by atoms with Gasteiger partial charge in [-0.1, -0.05) is 28.1 Å². The highest BCUT2D eigenvalue weighted by Crippen LogP contribution is 2.25. The number of methoxy groups -OCH3 is 1. The molecule has 0 radical (unpaired) electrons. The number of nitrogens with one attached hydrogen (secondary N) is 1. The number of ether oxygens (including phenoxy) is 1. The molecule has 3 aromatic rings. The molecule has 4 heteroatoms. The zero-order valence-electron chi connectivity index (χ0n) is 10.8. The van der Waals surface area contributed by atoms with Crippen LogP contribution in [0.2, 0.25) is 0 Å². The van der Waals surface area contributed by atoms with Crippen LogP contribution >= 0.6 is 15.9 Å². The minimum Gasteiger partial charge on any atom is -0.497 e. The molecule has 3 rings (SSSR count). The quantitative estimate of drug-likeness (QED) is 0.733. The number of halogens is 1. The Morgan fingerprint density at radius 3 is 2.85 bits per heavy atom. The predicted octanol–water partition coefficient (Wildman–Crippen LogP) is 4.17. The van der Waals surface area contributed by atoms with Crippen LogP contribution < -0.4 is 4.74 Å². The van der Waals surface area contributed by atoms with Crippen molar-refractivity contribution in [2.45, 2.75) is 0 Å². The van der Waals surface area contributed by atoms with Gasteiger partial charge in [-0.05, 0) is 30.3 Å². The highest BCUT2D eigenvalue weighted by atomic mass is 79.9. The average Bonchev–Trinajstić information content (AvgIpc) is 2.89. The Labute approximate surface area is 124 Å². The number of benzene rings is 2. The predicted molar refractivity (Wildman–Crippen MR) is 82.4 cm³/mol. The number of H-pyrrole nitrogens is 1. The fraction of sp³-hybridized carbons (Fsp3) is 0.0625. The van der Waals surface area contributed by atoms with E-state index in [0.29, 0.717) is 16.9 Å². The lowest BCUT2D eigenvalue weighted by molar-refractivity contribution is 0.104. The zero-order valence-corrected chi connectivity index (χ0v) is 12.4. The Kier molecular flexibility index (Phi) is 3.32. The molecule has 0 saturated heterocycles. The number of carbonyl (C=O) groups is 1. The highest BCUT2D eigenvalue weighted by molar-refractivity contribution is 9.10. The number of rotatable bonds is 3. The summed E-state index contributed by atoms with van der Waals surface area (Å²) in [6.45, 7) is 0. The third kappa shape index (κ3) is 2.23. The molecule has 2 aromatic carbocycles. The Bertz CT molecular complexity index is 792. The number of aromatic amines is 1. The van der Waals surface area contributed by atoms with Crippen molar-refractivity contribution < 1.29 is 9.53 Å². The van der Waals surface area contributed by atoms with Crippen molar-refractivity contribution in [3.05, 3.63) is 64.3 Å². The lowest BCUT2D eigenvalue weighted by Gasteiger charge is -2.03. The Hall–Kier alpha value is -2.07. The number of aromatic nitrogens is 1. The van der Waals surface area contributed by atoms with Gasteiger partial charge in [0.1, 0.15) is 5.75 Å². The molecule has 100 valence electrons. The van der Waals surface area contributed by atoms with E-state index in [9.17, 15) is 4.79 Å². The molecule has 1 N–H and O–H groups in total. The summed E-state index contributed by atoms with van der Waals surface area (Å²) in [5.74, 6) is 0.658. The first-order chi connectivity index (χ1) is 9.69. The van der Waals surface area contributed by atoms with E-state index in [1.54, 1.807) is 25.4 Å². The summed E-state index contributed by atoms with van der Waals surface area (Å²) in [5.41, 5.74) is 2.22. The van der Waals surface area contributed by atoms with E-state index in [4.69, 9.17) is 4.74 Å². The first-order valence-electron chi connectivity index (χ1n) is 6.14. The molecular formula is C16H12BrNO2. The lowest BCUT2D eigenvalue weighted by Crippen LogP contribution is -2.00. The van der Waals surface area contributed by atoms with Crippen LogP contribution in [0.5, 0.6) is 5.75 Å². The van der Waals surface area contributed by atoms with E-state index in [2.05, 4.69) is 20.9 Å². The van der Waals surface area contributed by atoms with Crippen LogP contribution in [-0.4, -0.2) is 17.9 Å². The SMILES string of the molecule is COc1cccc(C(=O)c2c[nH]c3ccc(Br)cc23)c1. The molecule has 0 amide bonds. The summed E-state index contributed by atoms with van der Waals surface area (Å²) in [6, 6.07) is 13.0. The van der Waals surface area contributed by atoms with Gasteiger partial charge in [0.15, 0.2) is 5.78 Å². The van der Waals surface area contributed by atoms with Gasteiger partial charge in [-0.25, -0.2) is 0 Å². The molecule has 0 spiro atoms. The zero-order chi connectivity index (χ0) is 14.1. The molecule has 0 saturated carbocycles. The van der Waals surface area contributed by atoms with Gasteiger partial charge < -0.3 is 9.72 Å². The standard InChI is InChI=1S/C16H12BrNO2/c1-20-12-4-2-3-10(7-12)16(19)14-9-18-15-6-5-11(17)8-13(14)15/h2-9,18H,1H3. The van der Waals surface area contributed by atoms with Crippen LogP contribution in [0.4, 0.5) is 0 Å². The molecule has 0 atom stereocenters. The maximum Gasteiger partial charge on any atom is 0.195 e. The topological polar surface area (TPSA) is 42.1 Å². The molecule has 0 fully saturated rings. The van der Waals surface area contributed by atoms with Crippen molar-refractivity contribution in [2.75, 3.05) is 7.11 Å². The number of hydrogen-bond donors (Lipinski definition) is 1. The summed E-state index contributed by atoms with van der Waals surface area (Å²) < 4.78 is 6.11. The molecule has 0 unspecified atom stereocenters. The van der Waals surface area contributed by atoms with E-state index in [-0.39, 0.29) is 5.78 Å². The lowest BCUT2D eigenvalue weighted by atomic mass is 10.0. The van der Waals surface area contributed by atoms with E-state index in [1.165, 1.54) is 0 Å². The second kappa shape index (κ2) is 5.13. The van der Waals surface area contributed by atoms with Gasteiger partial charge in [-0.3, -0.25) is 4.79 Å². The van der Waals surface area contributed by atoms with Crippen LogP contribution in [-0.2, 0) is 0 Å². The van der Waals surface area contributed by atoms with Crippen LogP contribution in [0.25, 0.3) is 10.9 Å². The van der Waals surface area contributed by atoms with Gasteiger partial charge in [0.2, 0.25) is 0 Å². The van der Waals surface area contributed by atoms with Crippen molar-refractivity contribution in [3.8, 4) is 5.75 Å². The van der Waals surface area contributed by atoms with E-state index < -0.39 is 0 Å². The highest BCUT2D eigenvalue weighted by Gasteiger charge is 2.14. The van der Waals surface area contributed by atoms with Gasteiger partial charge in [0.05, 0.1) is 7.11 Å². The number of fused-ring (bicyclic) bond motifs is 1. The monoisotopic (exact) mass is 329 g/mol. The molecule has 0 aliphatic rings. The first-order valence-corrected chi connectivity index (χ1v) is 6.94. The van der Waals surface area contributed by atoms with Gasteiger partial charge >= 0.3 is 0 Å². The molecule has 1 heterocycles. The Balaban J connectivity index is 2.10. The Morgan fingerprint density at radius 2 is 2.05 bits per heavy atom. The number of hydrogen-bond acceptors (Lipinski definition) is 2. The summed E-state index contributed by atoms with van der Waals surface area (Å²) in [6.07, 6.45) is 1.75. The van der Waals surface area contributed by atoms with E-state index in [0.717, 1.165) is 15.4 Å². The second-order valence-corrected chi connectivity index (χ2v) is 5.37. The third-order valence-corrected chi connectivity index (χ3v) is 3.71. The average molecular weight is 330 g/mol. The summed E-state index contributed by atoms with van der Waals surface area (Å²) >= 11 is 3.43. The summed E-state index contributed by atoms with van der Waals surface area (Å²) in [5, 5.41) is 0.909. The molecular weight excluding hydrogens is 318 g/mol. The van der Waals surface area contributed by atoms with Crippen LogP contribution in [0.1, 0.15) is 15.9 Å². The molecule has 3 nitrogen and oxygen atoms in total. The summed E-state index contributed by atoms with van der Waals surface area (Å²) in [7, 11) is 1.59. The van der Waals surface area contributed by atoms with E-state index in [1.807, 2.05) is 30.3 Å². The van der Waals surface area contributed by atoms with Gasteiger partial charge in [0.25, 0.3) is 0 Å². The molecule has 0 bridgehead atoms. The minimum atomic E-state index is -0.0201. The smallest absolute Gasteiger partial charge is 0.195 e. The van der Waals surface area contributed by atoms with Gasteiger partial charge in [0, 0.05) is 32.7 Å². The largest absolute Gasteiger partial charge is 0.497 e. The Morgan fingerprint density at radius 1 is 1.20 bits per heavy atom. The first kappa shape index (κ1) is 12.9. The molecule has 1 aromatic heterocycles. The normalized spacial score (nSPS) is 10.7. The maximum atomic E-state index is 12.6. The van der Waals surface area contributed by atoms with Crippen LogP contribution in [0, 0.1) is 0 Å². The fourth-order valence-corrected chi connectivity index (χ4v) is 2.56. The summed E-state index contributed by atoms with van der Waals surface area (Å²) in [4.78, 5) is 15.7. The molecule has 0 aliphatic carbocycles. The molecule has 0 aliphatic heterocycles. The number of carbonyl (C=O) groups excluding carboxylic acids is 1. The van der Waals surface area contributed by atoms with Gasteiger partial charge in [-0.2, -0.15) is 0 Å². The van der Waals surface area contributed by atoms with Crippen molar-refractivity contribution in [3.63, 3.8) is 0 Å². The molecule has 20 heavy (non-hydrogen) atoms. The minimum absolute atomic E-state index is 0.0201. The number of ketones is 1. The fourth-order valence-electron chi connectivity index (χ4n) is 2.20. The van der Waals surface area contributed by atoms with Crippen molar-refractivity contribution >= 4 is 32.6 Å². The maximum absolute atomic E-state index is 12.6. The second-order valence-electron chi connectivity index (χ2n) is 4.45. The van der Waals surface area contributed by atoms with Crippen molar-refractivity contribution in [1.82, 2.24) is 4.98 Å². The van der Waals surface area contributed by atoms with Crippen LogP contribution in [0.15, 0.2) is 53.1 Å².